The topological polar surface area (TPSA) is 133 Å². The average molecular weight is 559 g/mol. The number of aromatic carboxylic acids is 2. The number of anilines is 2. The number of fused-ring (bicyclic) bond motifs is 1. The molecular formula is C34H26N2O6. The molecule has 42 heavy (non-hydrogen) atoms. The summed E-state index contributed by atoms with van der Waals surface area (Å²) in [5.74, 6) is -3.86. The number of hydrogen-bond donors (Lipinski definition) is 4. The van der Waals surface area contributed by atoms with E-state index >= 15 is 0 Å². The molecule has 4 N–H and O–H groups in total. The fourth-order valence-corrected chi connectivity index (χ4v) is 4.61. The molecule has 0 saturated carbocycles. The predicted molar refractivity (Wildman–Crippen MR) is 167 cm³/mol. The first-order valence-electron chi connectivity index (χ1n) is 12.6. The Morgan fingerprint density at radius 1 is 0.524 bits per heavy atom. The molecule has 0 bridgehead atoms. The van der Waals surface area contributed by atoms with Crippen molar-refractivity contribution in [3.8, 4) is 0 Å². The average Bonchev–Trinajstić information content (AvgIpc) is 2.99. The Kier molecular flexibility index (Phi) is 8.29. The largest absolute Gasteiger partial charge is 0.478 e. The van der Waals surface area contributed by atoms with Gasteiger partial charge in [0.05, 0.1) is 22.3 Å². The molecule has 0 aliphatic carbocycles. The lowest BCUT2D eigenvalue weighted by Gasteiger charge is -2.15. The van der Waals surface area contributed by atoms with E-state index in [1.807, 2.05) is 0 Å². The smallest absolute Gasteiger partial charge is 0.336 e. The number of hydrogen-bond acceptors (Lipinski definition) is 4. The minimum absolute atomic E-state index is 0.0633. The number of carboxylic acid groups (broad SMARTS) is 2. The summed E-state index contributed by atoms with van der Waals surface area (Å²) in [4.78, 5) is 50.6. The van der Waals surface area contributed by atoms with Crippen molar-refractivity contribution in [2.45, 2.75) is 0 Å². The van der Waals surface area contributed by atoms with Crippen LogP contribution >= 0.6 is 0 Å². The molecule has 208 valence electrons. The lowest BCUT2D eigenvalue weighted by atomic mass is 9.97. The van der Waals surface area contributed by atoms with E-state index in [2.05, 4.69) is 36.9 Å². The molecule has 8 heteroatoms. The molecule has 0 unspecified atom stereocenters. The standard InChI is InChI=1S/C34H26N2O6/c1-5-19-15-25(27(33(39)40)17-21(19)7-3)31(37)35-29-13-9-12-24-23(29)11-10-14-30(24)36-32(38)26-16-20(6-2)22(8-4)18-28(26)34(41)42/h5-18H,1-4H2,(H,35,37)(H,36,38)(H,39,40)(H,41,42). The Balaban J connectivity index is 1.73. The second kappa shape index (κ2) is 12.0. The summed E-state index contributed by atoms with van der Waals surface area (Å²) in [5, 5.41) is 26.1. The Bertz CT molecular complexity index is 1720. The maximum atomic E-state index is 13.3. The second-order valence-electron chi connectivity index (χ2n) is 9.09. The second-order valence-corrected chi connectivity index (χ2v) is 9.09. The first-order valence-corrected chi connectivity index (χ1v) is 12.6. The van der Waals surface area contributed by atoms with E-state index < -0.39 is 23.8 Å². The van der Waals surface area contributed by atoms with E-state index in [9.17, 15) is 29.4 Å². The third kappa shape index (κ3) is 5.50. The van der Waals surface area contributed by atoms with Crippen molar-refractivity contribution in [1.82, 2.24) is 0 Å². The monoisotopic (exact) mass is 558 g/mol. The first kappa shape index (κ1) is 29.0. The van der Waals surface area contributed by atoms with Crippen LogP contribution in [0.1, 0.15) is 63.7 Å². The highest BCUT2D eigenvalue weighted by atomic mass is 16.4. The Labute approximate surface area is 241 Å². The van der Waals surface area contributed by atoms with Gasteiger partial charge in [0, 0.05) is 22.1 Å². The lowest BCUT2D eigenvalue weighted by molar-refractivity contribution is 0.0683. The lowest BCUT2D eigenvalue weighted by Crippen LogP contribution is -2.18. The van der Waals surface area contributed by atoms with Crippen LogP contribution in [0.2, 0.25) is 0 Å². The van der Waals surface area contributed by atoms with Gasteiger partial charge in [0.1, 0.15) is 0 Å². The van der Waals surface area contributed by atoms with Gasteiger partial charge >= 0.3 is 11.9 Å². The summed E-state index contributed by atoms with van der Waals surface area (Å²) in [6.45, 7) is 14.8. The van der Waals surface area contributed by atoms with E-state index in [0.717, 1.165) is 0 Å². The van der Waals surface area contributed by atoms with Gasteiger partial charge in [-0.1, -0.05) is 74.9 Å². The van der Waals surface area contributed by atoms with Gasteiger partial charge in [-0.2, -0.15) is 0 Å². The van der Waals surface area contributed by atoms with Crippen molar-refractivity contribution in [3.63, 3.8) is 0 Å². The Morgan fingerprint density at radius 2 is 0.833 bits per heavy atom. The van der Waals surface area contributed by atoms with Crippen LogP contribution < -0.4 is 10.6 Å². The Morgan fingerprint density at radius 3 is 1.12 bits per heavy atom. The van der Waals surface area contributed by atoms with Gasteiger partial charge < -0.3 is 20.8 Å². The zero-order chi connectivity index (χ0) is 30.6. The molecule has 0 atom stereocenters. The summed E-state index contributed by atoms with van der Waals surface area (Å²) in [6, 6.07) is 15.7. The van der Waals surface area contributed by atoms with Crippen molar-refractivity contribution >= 4 is 70.2 Å². The van der Waals surface area contributed by atoms with Crippen molar-refractivity contribution in [1.29, 1.82) is 0 Å². The number of amides is 2. The number of carbonyl (C=O) groups excluding carboxylic acids is 2. The zero-order valence-electron chi connectivity index (χ0n) is 22.4. The third-order valence-corrected chi connectivity index (χ3v) is 6.69. The van der Waals surface area contributed by atoms with Gasteiger partial charge in [-0.05, 0) is 58.7 Å². The normalized spacial score (nSPS) is 10.4. The molecule has 0 spiro atoms. The van der Waals surface area contributed by atoms with Crippen LogP contribution in [0.4, 0.5) is 11.4 Å². The summed E-state index contributed by atoms with van der Waals surface area (Å²) >= 11 is 0. The minimum atomic E-state index is -1.27. The fourth-order valence-electron chi connectivity index (χ4n) is 4.61. The number of nitrogens with one attached hydrogen (secondary N) is 2. The molecule has 0 radical (unpaired) electrons. The van der Waals surface area contributed by atoms with Crippen molar-refractivity contribution in [2.75, 3.05) is 10.6 Å². The molecule has 4 aromatic rings. The quantitative estimate of drug-likeness (QED) is 0.161. The highest BCUT2D eigenvalue weighted by Gasteiger charge is 2.22. The molecule has 2 amide bonds. The van der Waals surface area contributed by atoms with Crippen molar-refractivity contribution in [2.24, 2.45) is 0 Å². The maximum absolute atomic E-state index is 13.3. The van der Waals surface area contributed by atoms with Gasteiger partial charge in [-0.25, -0.2) is 9.59 Å². The summed E-state index contributed by atoms with van der Waals surface area (Å²) in [6.07, 6.45) is 5.98. The van der Waals surface area contributed by atoms with Crippen LogP contribution in [0, 0.1) is 0 Å². The van der Waals surface area contributed by atoms with E-state index in [0.29, 0.717) is 44.4 Å². The van der Waals surface area contributed by atoms with Crippen LogP contribution in [0.5, 0.6) is 0 Å². The minimum Gasteiger partial charge on any atom is -0.478 e. The molecule has 0 aliphatic rings. The van der Waals surface area contributed by atoms with Crippen LogP contribution in [-0.2, 0) is 0 Å². The number of benzene rings is 4. The third-order valence-electron chi connectivity index (χ3n) is 6.69. The molecule has 4 rings (SSSR count). The number of rotatable bonds is 10. The Hall–Kier alpha value is -6.02. The zero-order valence-corrected chi connectivity index (χ0v) is 22.4. The number of carboxylic acids is 2. The SMILES string of the molecule is C=Cc1cc(C(=O)O)c(C(=O)Nc2cccc3c(NC(=O)c4cc(C=C)c(C=C)cc4C(=O)O)cccc23)cc1C=C. The highest BCUT2D eigenvalue weighted by Crippen LogP contribution is 2.31. The van der Waals surface area contributed by atoms with Crippen LogP contribution in [0.25, 0.3) is 35.1 Å². The van der Waals surface area contributed by atoms with Gasteiger partial charge in [-0.3, -0.25) is 9.59 Å². The van der Waals surface area contributed by atoms with Gasteiger partial charge in [-0.15, -0.1) is 0 Å². The van der Waals surface area contributed by atoms with Crippen LogP contribution in [0.3, 0.4) is 0 Å². The van der Waals surface area contributed by atoms with Gasteiger partial charge in [0.25, 0.3) is 11.8 Å². The van der Waals surface area contributed by atoms with Crippen molar-refractivity contribution in [3.05, 3.63) is 131 Å². The maximum Gasteiger partial charge on any atom is 0.336 e. The molecule has 0 fully saturated rings. The number of carbonyl (C=O) groups is 4. The summed E-state index contributed by atoms with van der Waals surface area (Å²) in [5.41, 5.74) is 2.35. The van der Waals surface area contributed by atoms with E-state index in [1.165, 1.54) is 48.6 Å². The summed E-state index contributed by atoms with van der Waals surface area (Å²) in [7, 11) is 0. The van der Waals surface area contributed by atoms with Crippen molar-refractivity contribution < 1.29 is 29.4 Å². The highest BCUT2D eigenvalue weighted by molar-refractivity contribution is 6.17. The molecular weight excluding hydrogens is 532 g/mol. The molecule has 0 heterocycles. The fraction of sp³-hybridized carbons (Fsp3) is 0. The van der Waals surface area contributed by atoms with Gasteiger partial charge in [0.15, 0.2) is 0 Å². The van der Waals surface area contributed by atoms with E-state index in [4.69, 9.17) is 0 Å². The molecule has 8 nitrogen and oxygen atoms in total. The molecule has 0 saturated heterocycles. The summed E-state index contributed by atoms with van der Waals surface area (Å²) < 4.78 is 0. The van der Waals surface area contributed by atoms with Gasteiger partial charge in [0.2, 0.25) is 0 Å². The van der Waals surface area contributed by atoms with E-state index in [-0.39, 0.29) is 22.3 Å². The van der Waals surface area contributed by atoms with Crippen LogP contribution in [0.15, 0.2) is 87.0 Å². The van der Waals surface area contributed by atoms with E-state index in [1.54, 1.807) is 36.4 Å². The molecule has 0 aliphatic heterocycles. The first-order chi connectivity index (χ1) is 20.1. The molecule has 4 aromatic carbocycles. The molecule has 0 aromatic heterocycles. The van der Waals surface area contributed by atoms with Crippen LogP contribution in [-0.4, -0.2) is 34.0 Å². The predicted octanol–water partition coefficient (Wildman–Crippen LogP) is 7.31.